The summed E-state index contributed by atoms with van der Waals surface area (Å²) in [5, 5.41) is 14.2. The lowest BCUT2D eigenvalue weighted by molar-refractivity contribution is 0.448. The fourth-order valence-electron chi connectivity index (χ4n) is 0.717. The van der Waals surface area contributed by atoms with Crippen molar-refractivity contribution in [1.82, 2.24) is 0 Å². The van der Waals surface area contributed by atoms with Gasteiger partial charge in [-0.15, -0.1) is 0 Å². The van der Waals surface area contributed by atoms with E-state index in [1.807, 2.05) is 6.07 Å². The number of fused-ring (bicyclic) bond motifs is 1. The Bertz CT molecular complexity index is 239. The second-order valence-electron chi connectivity index (χ2n) is 1.84. The molecule has 10 heavy (non-hydrogen) atoms. The van der Waals surface area contributed by atoms with E-state index in [1.54, 1.807) is 6.07 Å². The van der Waals surface area contributed by atoms with Gasteiger partial charge in [-0.05, 0) is 17.7 Å². The van der Waals surface area contributed by atoms with Crippen LogP contribution in [-0.2, 0) is 0 Å². The molecule has 0 aromatic rings. The highest BCUT2D eigenvalue weighted by Gasteiger charge is 2.15. The summed E-state index contributed by atoms with van der Waals surface area (Å²) >= 11 is 0. The molecule has 0 fully saturated rings. The lowest BCUT2D eigenvalue weighted by atomic mass is 10.5. The molecular formula is C6H6BFO2. The minimum Gasteiger partial charge on any atom is -0.430 e. The molecule has 0 aliphatic heterocycles. The molecule has 0 atom stereocenters. The number of halogens is 1. The molecule has 0 saturated heterocycles. The molecule has 2 aliphatic carbocycles. The van der Waals surface area contributed by atoms with Crippen molar-refractivity contribution < 1.29 is 14.4 Å². The first-order valence-electron chi connectivity index (χ1n) is 2.81. The maximum Gasteiger partial charge on any atom is 0.432 e. The van der Waals surface area contributed by atoms with Crippen LogP contribution in [0.3, 0.4) is 0 Å². The Balaban J connectivity index is 0.000000148. The predicted molar refractivity (Wildman–Crippen MR) is 37.0 cm³/mol. The van der Waals surface area contributed by atoms with Gasteiger partial charge >= 0.3 is 7.69 Å². The van der Waals surface area contributed by atoms with Crippen LogP contribution in [0.15, 0.2) is 18.2 Å². The number of rotatable bonds is 0. The van der Waals surface area contributed by atoms with Crippen molar-refractivity contribution in [3.05, 3.63) is 24.0 Å². The van der Waals surface area contributed by atoms with Gasteiger partial charge in [-0.25, -0.2) is 4.39 Å². The van der Waals surface area contributed by atoms with Crippen molar-refractivity contribution in [2.75, 3.05) is 0 Å². The van der Waals surface area contributed by atoms with Crippen LogP contribution in [0, 0.1) is 5.82 Å². The average molecular weight is 140 g/mol. The van der Waals surface area contributed by atoms with E-state index in [0.29, 0.717) is 0 Å². The molecule has 0 heterocycles. The standard InChI is InChI=1S/C6H3F.BH3O2/c7-6-2-1-4-3-5(4)6;2-1-3/h1-3H;1-3H. The summed E-state index contributed by atoms with van der Waals surface area (Å²) in [6, 6.07) is 5.10. The second-order valence-corrected chi connectivity index (χ2v) is 1.84. The van der Waals surface area contributed by atoms with E-state index in [-0.39, 0.29) is 5.82 Å². The SMILES string of the molecule is Fc1ccc2cc1-2.OBO. The fourth-order valence-corrected chi connectivity index (χ4v) is 0.717. The Kier molecular flexibility index (Phi) is 2.04. The maximum absolute atomic E-state index is 12.1. The first kappa shape index (κ1) is 7.24. The van der Waals surface area contributed by atoms with Crippen molar-refractivity contribution in [2.45, 2.75) is 0 Å². The molecular weight excluding hydrogens is 134 g/mol. The highest BCUT2D eigenvalue weighted by Crippen LogP contribution is 2.36. The molecule has 2 N–H and O–H groups in total. The minimum absolute atomic E-state index is 0.0741. The van der Waals surface area contributed by atoms with E-state index in [9.17, 15) is 4.39 Å². The molecule has 52 valence electrons. The summed E-state index contributed by atoms with van der Waals surface area (Å²) < 4.78 is 12.1. The minimum atomic E-state index is -0.750. The van der Waals surface area contributed by atoms with Gasteiger partial charge in [0.15, 0.2) is 0 Å². The molecule has 0 bridgehead atoms. The first-order chi connectivity index (χ1) is 4.79. The highest BCUT2D eigenvalue weighted by molar-refractivity contribution is 6.13. The summed E-state index contributed by atoms with van der Waals surface area (Å²) in [5.74, 6) is -0.0741. The third-order valence-electron chi connectivity index (χ3n) is 1.19. The Morgan fingerprint density at radius 1 is 1.30 bits per heavy atom. The molecule has 0 aromatic heterocycles. The molecule has 0 saturated carbocycles. The maximum atomic E-state index is 12.1. The van der Waals surface area contributed by atoms with Crippen LogP contribution in [0.5, 0.6) is 0 Å². The van der Waals surface area contributed by atoms with Crippen LogP contribution in [0.25, 0.3) is 11.1 Å². The number of hydrogen-bond acceptors (Lipinski definition) is 2. The van der Waals surface area contributed by atoms with Gasteiger partial charge in [0.05, 0.1) is 0 Å². The largest absolute Gasteiger partial charge is 0.432 e. The smallest absolute Gasteiger partial charge is 0.430 e. The normalized spacial score (nSPS) is 9.50. The van der Waals surface area contributed by atoms with E-state index < -0.39 is 7.69 Å². The zero-order chi connectivity index (χ0) is 7.56. The van der Waals surface area contributed by atoms with Gasteiger partial charge in [-0.2, -0.15) is 0 Å². The molecule has 0 aromatic carbocycles. The molecule has 0 radical (unpaired) electrons. The molecule has 2 aliphatic rings. The van der Waals surface area contributed by atoms with Crippen molar-refractivity contribution in [1.29, 1.82) is 0 Å². The van der Waals surface area contributed by atoms with Crippen molar-refractivity contribution in [3.63, 3.8) is 0 Å². The molecule has 0 spiro atoms. The third-order valence-corrected chi connectivity index (χ3v) is 1.19. The van der Waals surface area contributed by atoms with Gasteiger partial charge in [0, 0.05) is 5.56 Å². The summed E-state index contributed by atoms with van der Waals surface area (Å²) in [7, 11) is -0.750. The number of hydrogen-bond donors (Lipinski definition) is 2. The first-order valence-corrected chi connectivity index (χ1v) is 2.81. The quantitative estimate of drug-likeness (QED) is 0.507. The van der Waals surface area contributed by atoms with E-state index in [0.717, 1.165) is 11.1 Å². The van der Waals surface area contributed by atoms with Gasteiger partial charge in [-0.3, -0.25) is 0 Å². The Labute approximate surface area is 58.2 Å². The van der Waals surface area contributed by atoms with Gasteiger partial charge in [-0.1, -0.05) is 6.07 Å². The van der Waals surface area contributed by atoms with E-state index in [2.05, 4.69) is 0 Å². The lowest BCUT2D eigenvalue weighted by Gasteiger charge is -1.66. The predicted octanol–water partition coefficient (Wildman–Crippen LogP) is 0.0436. The fraction of sp³-hybridized carbons (Fsp3) is 0. The van der Waals surface area contributed by atoms with Crippen molar-refractivity contribution in [2.24, 2.45) is 0 Å². The third kappa shape index (κ3) is 1.34. The monoisotopic (exact) mass is 140 g/mol. The van der Waals surface area contributed by atoms with Crippen LogP contribution < -0.4 is 0 Å². The summed E-state index contributed by atoms with van der Waals surface area (Å²) in [6.07, 6.45) is 0. The van der Waals surface area contributed by atoms with Gasteiger partial charge in [0.25, 0.3) is 0 Å². The van der Waals surface area contributed by atoms with Gasteiger partial charge < -0.3 is 10.0 Å². The Hall–Kier alpha value is -0.865. The van der Waals surface area contributed by atoms with Gasteiger partial charge in [0.2, 0.25) is 0 Å². The number of benzene rings is 1. The highest BCUT2D eigenvalue weighted by atomic mass is 19.1. The van der Waals surface area contributed by atoms with Crippen molar-refractivity contribution >= 4 is 7.69 Å². The van der Waals surface area contributed by atoms with Gasteiger partial charge in [0.1, 0.15) is 5.82 Å². The van der Waals surface area contributed by atoms with Crippen LogP contribution >= 0.6 is 0 Å². The van der Waals surface area contributed by atoms with Crippen molar-refractivity contribution in [3.8, 4) is 11.1 Å². The molecule has 0 amide bonds. The van der Waals surface area contributed by atoms with E-state index in [4.69, 9.17) is 10.0 Å². The summed E-state index contributed by atoms with van der Waals surface area (Å²) in [5.41, 5.74) is 1.87. The van der Waals surface area contributed by atoms with E-state index in [1.165, 1.54) is 6.07 Å². The van der Waals surface area contributed by atoms with Crippen LogP contribution in [0.1, 0.15) is 0 Å². The second kappa shape index (κ2) is 2.81. The summed E-state index contributed by atoms with van der Waals surface area (Å²) in [6.45, 7) is 0. The molecule has 2 rings (SSSR count). The Morgan fingerprint density at radius 3 is 2.00 bits per heavy atom. The molecule has 4 heteroatoms. The molecule has 0 unspecified atom stereocenters. The molecule has 2 nitrogen and oxygen atoms in total. The zero-order valence-electron chi connectivity index (χ0n) is 5.21. The summed E-state index contributed by atoms with van der Waals surface area (Å²) in [4.78, 5) is 0. The topological polar surface area (TPSA) is 40.5 Å². The van der Waals surface area contributed by atoms with Crippen LogP contribution in [0.4, 0.5) is 4.39 Å². The van der Waals surface area contributed by atoms with Crippen LogP contribution in [-0.4, -0.2) is 17.7 Å². The van der Waals surface area contributed by atoms with Crippen LogP contribution in [0.2, 0.25) is 0 Å². The Morgan fingerprint density at radius 2 is 1.90 bits per heavy atom. The lowest BCUT2D eigenvalue weighted by Crippen LogP contribution is -1.75. The average Bonchev–Trinajstić information content (AvgIpc) is 2.57. The zero-order valence-corrected chi connectivity index (χ0v) is 5.21. The van der Waals surface area contributed by atoms with E-state index >= 15 is 0 Å².